The lowest BCUT2D eigenvalue weighted by Gasteiger charge is -2.33. The second kappa shape index (κ2) is 17.6. The van der Waals surface area contributed by atoms with Gasteiger partial charge in [-0.15, -0.1) is 0 Å². The molecule has 0 saturated heterocycles. The molecule has 19 heteroatoms. The van der Waals surface area contributed by atoms with Gasteiger partial charge in [-0.1, -0.05) is 32.4 Å². The molecule has 0 bridgehead atoms. The zero-order chi connectivity index (χ0) is 41.6. The molecule has 56 heavy (non-hydrogen) atoms. The Morgan fingerprint density at radius 1 is 0.857 bits per heavy atom. The molecule has 5 rings (SSSR count). The summed E-state index contributed by atoms with van der Waals surface area (Å²) in [6.45, 7) is 11.4. The van der Waals surface area contributed by atoms with E-state index in [4.69, 9.17) is 11.6 Å². The lowest BCUT2D eigenvalue weighted by Crippen LogP contribution is -2.45. The summed E-state index contributed by atoms with van der Waals surface area (Å²) in [6, 6.07) is 12.3. The Morgan fingerprint density at radius 2 is 1.41 bits per heavy atom. The normalized spacial score (nSPS) is 12.6. The average Bonchev–Trinajstić information content (AvgIpc) is 3.72. The number of amides is 2. The molecule has 1 unspecified atom stereocenters. The molecule has 0 aliphatic carbocycles. The highest BCUT2D eigenvalue weighted by Crippen LogP contribution is 2.33. The zero-order valence-corrected chi connectivity index (χ0v) is 35.4. The van der Waals surface area contributed by atoms with E-state index in [2.05, 4.69) is 36.2 Å². The lowest BCUT2D eigenvalue weighted by molar-refractivity contribution is 0.101. The van der Waals surface area contributed by atoms with Crippen LogP contribution in [0.2, 0.25) is 5.15 Å². The topological polar surface area (TPSA) is 207 Å². The molecule has 0 fully saturated rings. The van der Waals surface area contributed by atoms with Crippen molar-refractivity contribution in [2.24, 2.45) is 5.41 Å². The van der Waals surface area contributed by atoms with Crippen LogP contribution >= 0.6 is 27.5 Å². The number of hydrogen-bond acceptors (Lipinski definition) is 9. The molecule has 5 aromatic heterocycles. The minimum atomic E-state index is -3.98. The van der Waals surface area contributed by atoms with Gasteiger partial charge in [0.15, 0.2) is 0 Å². The lowest BCUT2D eigenvalue weighted by atomic mass is 9.83. The second-order valence-corrected chi connectivity index (χ2v) is 19.5. The van der Waals surface area contributed by atoms with Crippen molar-refractivity contribution in [1.82, 2.24) is 33.1 Å². The number of aromatic nitrogens is 5. The van der Waals surface area contributed by atoms with E-state index in [1.807, 2.05) is 41.5 Å². The molecular formula is C37H43BrClN7O8S2. The van der Waals surface area contributed by atoms with Crippen LogP contribution in [0.4, 0.5) is 9.59 Å². The van der Waals surface area contributed by atoms with E-state index in [0.717, 1.165) is 13.5 Å². The number of rotatable bonds is 11. The number of carboxylic acid groups (broad SMARTS) is 2. The first kappa shape index (κ1) is 43.9. The first-order chi connectivity index (χ1) is 26.0. The molecular weight excluding hydrogens is 850 g/mol. The minimum absolute atomic E-state index is 0.0226. The van der Waals surface area contributed by atoms with Crippen LogP contribution < -0.4 is 5.32 Å². The number of pyridine rings is 3. The van der Waals surface area contributed by atoms with E-state index in [9.17, 15) is 36.6 Å². The average molecular weight is 893 g/mol. The van der Waals surface area contributed by atoms with E-state index in [1.165, 1.54) is 60.4 Å². The summed E-state index contributed by atoms with van der Waals surface area (Å²) in [6.07, 6.45) is 8.59. The number of hydrogen-bond donors (Lipinski definition) is 3. The van der Waals surface area contributed by atoms with Gasteiger partial charge in [0, 0.05) is 67.1 Å². The summed E-state index contributed by atoms with van der Waals surface area (Å²) in [4.78, 5) is 35.9. The molecule has 5 heterocycles. The maximum Gasteiger partial charge on any atom is 0.407 e. The van der Waals surface area contributed by atoms with Crippen molar-refractivity contribution in [2.45, 2.75) is 75.8 Å². The van der Waals surface area contributed by atoms with Crippen LogP contribution in [0.25, 0.3) is 11.3 Å². The Balaban J connectivity index is 0.000000255. The third-order valence-electron chi connectivity index (χ3n) is 8.51. The SMILES string of the molecule is CC(C)(C)C(Cc1cc(-c2cccnc2Cl)n(S(=O)(=O)c2cccnc2)c1)NC(=O)O.CC(C)(C)N(CCc1cc(Br)n(S(=O)(=O)c2cccnc2)c1)C(=O)O. The standard InChI is InChI=1S/C21H23ClN4O4S.C16H20BrN3O4S/c1-21(2,3)18(25-20(27)28)11-14-10-17(16-7-5-9-24-19(16)22)26(13-14)31(29,30)15-6-4-8-23-12-15;1-16(2,3)19(15(21)22)8-6-12-9-14(17)20(11-12)25(23,24)13-5-4-7-18-10-13/h4-10,12-13,18,25H,11H2,1-3H3,(H,27,28);4-5,7,9-11H,6,8H2,1-3H3,(H,21,22). The summed E-state index contributed by atoms with van der Waals surface area (Å²) in [7, 11) is -7.73. The van der Waals surface area contributed by atoms with Gasteiger partial charge in [-0.3, -0.25) is 9.97 Å². The molecule has 3 N–H and O–H groups in total. The predicted molar refractivity (Wildman–Crippen MR) is 215 cm³/mol. The van der Waals surface area contributed by atoms with Gasteiger partial charge in [-0.05, 0) is 115 Å². The molecule has 15 nitrogen and oxygen atoms in total. The van der Waals surface area contributed by atoms with Gasteiger partial charge in [0.05, 0.1) is 5.69 Å². The van der Waals surface area contributed by atoms with Crippen molar-refractivity contribution in [1.29, 1.82) is 0 Å². The van der Waals surface area contributed by atoms with Crippen LogP contribution in [0.3, 0.4) is 0 Å². The number of halogens is 2. The van der Waals surface area contributed by atoms with Crippen LogP contribution in [-0.2, 0) is 32.9 Å². The largest absolute Gasteiger partial charge is 0.465 e. The maximum absolute atomic E-state index is 13.4. The zero-order valence-electron chi connectivity index (χ0n) is 31.5. The molecule has 0 saturated carbocycles. The second-order valence-electron chi connectivity index (χ2n) is 14.7. The summed E-state index contributed by atoms with van der Waals surface area (Å²) in [5.74, 6) is 0. The van der Waals surface area contributed by atoms with Gasteiger partial charge in [0.25, 0.3) is 20.0 Å². The molecule has 0 spiro atoms. The number of nitrogens with one attached hydrogen (secondary N) is 1. The third kappa shape index (κ3) is 10.7. The van der Waals surface area contributed by atoms with Crippen LogP contribution in [0.15, 0.2) is 106 Å². The molecule has 0 radical (unpaired) electrons. The summed E-state index contributed by atoms with van der Waals surface area (Å²) < 4.78 is 54.7. The maximum atomic E-state index is 13.4. The Labute approximate surface area is 339 Å². The van der Waals surface area contributed by atoms with Crippen LogP contribution in [0.5, 0.6) is 0 Å². The van der Waals surface area contributed by atoms with Crippen LogP contribution in [0.1, 0.15) is 52.7 Å². The third-order valence-corrected chi connectivity index (χ3v) is 13.0. The van der Waals surface area contributed by atoms with Gasteiger partial charge in [-0.2, -0.15) is 0 Å². The summed E-state index contributed by atoms with van der Waals surface area (Å²) in [5.41, 5.74) is 1.20. The molecule has 1 atom stereocenters. The number of carbonyl (C=O) groups is 2. The quantitative estimate of drug-likeness (QED) is 0.113. The highest BCUT2D eigenvalue weighted by atomic mass is 79.9. The van der Waals surface area contributed by atoms with Gasteiger partial charge >= 0.3 is 12.2 Å². The van der Waals surface area contributed by atoms with Crippen molar-refractivity contribution < 1.29 is 36.6 Å². The Hall–Kier alpha value is -4.78. The molecule has 0 aliphatic heterocycles. The Morgan fingerprint density at radius 3 is 1.89 bits per heavy atom. The first-order valence-electron chi connectivity index (χ1n) is 17.0. The first-order valence-corrected chi connectivity index (χ1v) is 21.1. The smallest absolute Gasteiger partial charge is 0.407 e. The molecule has 0 aliphatic rings. The minimum Gasteiger partial charge on any atom is -0.465 e. The Kier molecular flexibility index (Phi) is 13.8. The fourth-order valence-electron chi connectivity index (χ4n) is 5.51. The van der Waals surface area contributed by atoms with Crippen molar-refractivity contribution in [3.05, 3.63) is 113 Å². The molecule has 2 amide bonds. The Bertz CT molecular complexity index is 2380. The molecule has 5 aromatic rings. The van der Waals surface area contributed by atoms with Crippen LogP contribution in [0, 0.1) is 5.41 Å². The van der Waals surface area contributed by atoms with Gasteiger partial charge in [0.1, 0.15) is 19.5 Å². The van der Waals surface area contributed by atoms with Crippen molar-refractivity contribution in [2.75, 3.05) is 6.54 Å². The van der Waals surface area contributed by atoms with E-state index < -0.39 is 49.2 Å². The van der Waals surface area contributed by atoms with Gasteiger partial charge in [-0.25, -0.2) is 39.4 Å². The van der Waals surface area contributed by atoms with Crippen molar-refractivity contribution >= 4 is 59.8 Å². The summed E-state index contributed by atoms with van der Waals surface area (Å²) >= 11 is 9.52. The van der Waals surface area contributed by atoms with E-state index >= 15 is 0 Å². The number of nitrogens with zero attached hydrogens (tertiary/aromatic N) is 6. The van der Waals surface area contributed by atoms with Crippen LogP contribution in [-0.4, -0.2) is 85.2 Å². The fourth-order valence-corrected chi connectivity index (χ4v) is 9.28. The van der Waals surface area contributed by atoms with Crippen molar-refractivity contribution in [3.8, 4) is 11.3 Å². The molecule has 300 valence electrons. The highest BCUT2D eigenvalue weighted by Gasteiger charge is 2.30. The van der Waals surface area contributed by atoms with E-state index in [1.54, 1.807) is 36.4 Å². The van der Waals surface area contributed by atoms with Gasteiger partial charge in [0.2, 0.25) is 0 Å². The molecule has 0 aromatic carbocycles. The van der Waals surface area contributed by atoms with Crippen molar-refractivity contribution in [3.63, 3.8) is 0 Å². The monoisotopic (exact) mass is 891 g/mol. The van der Waals surface area contributed by atoms with Gasteiger partial charge < -0.3 is 20.4 Å². The predicted octanol–water partition coefficient (Wildman–Crippen LogP) is 7.26. The van der Waals surface area contributed by atoms with E-state index in [-0.39, 0.29) is 27.9 Å². The summed E-state index contributed by atoms with van der Waals surface area (Å²) in [5, 5.41) is 21.3. The fraction of sp³-hybridized carbons (Fsp3) is 0.324. The van der Waals surface area contributed by atoms with E-state index in [0.29, 0.717) is 27.8 Å². The highest BCUT2D eigenvalue weighted by molar-refractivity contribution is 9.10.